The van der Waals surface area contributed by atoms with Crippen LogP contribution < -0.4 is 0 Å². The van der Waals surface area contributed by atoms with E-state index in [1.165, 1.54) is 24.3 Å². The largest absolute Gasteiger partial charge is 0.298 e. The molecule has 80 valence electrons. The zero-order valence-corrected chi connectivity index (χ0v) is 7.82. The van der Waals surface area contributed by atoms with Gasteiger partial charge in [0, 0.05) is 22.6 Å². The molecule has 1 rings (SSSR count). The highest BCUT2D eigenvalue weighted by Gasteiger charge is 2.02. The van der Waals surface area contributed by atoms with Gasteiger partial charge in [0.05, 0.1) is 4.92 Å². The Balaban J connectivity index is 0.000000423. The number of aldehydes is 1. The Morgan fingerprint density at radius 2 is 1.53 bits per heavy atom. The van der Waals surface area contributed by atoms with Crippen LogP contribution in [0.5, 0.6) is 0 Å². The normalized spacial score (nSPS) is 8.33. The summed E-state index contributed by atoms with van der Waals surface area (Å²) < 4.78 is 0. The van der Waals surface area contributed by atoms with Crippen LogP contribution in [0.25, 0.3) is 0 Å². The summed E-state index contributed by atoms with van der Waals surface area (Å²) in [6.45, 7) is 0. The van der Waals surface area contributed by atoms with E-state index in [2.05, 4.69) is 0 Å². The number of nitro benzene ring substituents is 1. The average molecular weight is 212 g/mol. The van der Waals surface area contributed by atoms with E-state index in [4.69, 9.17) is 10.1 Å². The lowest BCUT2D eigenvalue weighted by atomic mass is 10.2. The van der Waals surface area contributed by atoms with E-state index < -0.39 is 9.85 Å². The van der Waals surface area contributed by atoms with Gasteiger partial charge < -0.3 is 0 Å². The van der Waals surface area contributed by atoms with Crippen molar-refractivity contribution in [1.82, 2.24) is 0 Å². The Labute approximate surface area is 84.6 Å². The molecule has 0 aliphatic rings. The van der Waals surface area contributed by atoms with E-state index in [0.717, 1.165) is 7.05 Å². The van der Waals surface area contributed by atoms with Crippen molar-refractivity contribution in [3.05, 3.63) is 50.1 Å². The third-order valence-electron chi connectivity index (χ3n) is 1.24. The summed E-state index contributed by atoms with van der Waals surface area (Å²) in [6, 6.07) is 5.41. The van der Waals surface area contributed by atoms with Gasteiger partial charge in [-0.05, 0) is 12.1 Å². The number of benzene rings is 1. The van der Waals surface area contributed by atoms with Gasteiger partial charge in [-0.25, -0.2) is 0 Å². The van der Waals surface area contributed by atoms with E-state index in [0.29, 0.717) is 11.8 Å². The quantitative estimate of drug-likeness (QED) is 0.417. The number of non-ortho nitro benzene ring substituents is 1. The minimum atomic E-state index is -0.505. The molecule has 0 aliphatic carbocycles. The molecule has 7 nitrogen and oxygen atoms in total. The second kappa shape index (κ2) is 6.19. The summed E-state index contributed by atoms with van der Waals surface area (Å²) in [7, 11) is 0.889. The molecule has 0 unspecified atom stereocenters. The highest BCUT2D eigenvalue weighted by atomic mass is 16.6. The molecule has 0 aliphatic heterocycles. The van der Waals surface area contributed by atoms with Gasteiger partial charge in [-0.15, -0.1) is 0 Å². The van der Waals surface area contributed by atoms with Gasteiger partial charge in [0.25, 0.3) is 5.69 Å². The first kappa shape index (κ1) is 12.7. The standard InChI is InChI=1S/C7H5NO3.CH3NO2/c9-5-6-1-3-7(4-2-6)8(10)11;1-2(3)4/h1-5H;1H3. The number of hydrogen-bond donors (Lipinski definition) is 0. The number of carbonyl (C=O) groups is 1. The molecule has 0 amide bonds. The molecule has 0 radical (unpaired) electrons. The predicted octanol–water partition coefficient (Wildman–Crippen LogP) is 1.30. The van der Waals surface area contributed by atoms with Crippen LogP contribution >= 0.6 is 0 Å². The van der Waals surface area contributed by atoms with Gasteiger partial charge in [-0.1, -0.05) is 0 Å². The second-order valence-electron chi connectivity index (χ2n) is 2.41. The van der Waals surface area contributed by atoms with E-state index in [1.807, 2.05) is 0 Å². The molecule has 0 saturated carbocycles. The number of rotatable bonds is 2. The lowest BCUT2D eigenvalue weighted by molar-refractivity contribution is -0.445. The Hall–Kier alpha value is -2.31. The van der Waals surface area contributed by atoms with Crippen LogP contribution in [0.2, 0.25) is 0 Å². The highest BCUT2D eigenvalue weighted by Crippen LogP contribution is 2.09. The lowest BCUT2D eigenvalue weighted by Crippen LogP contribution is -1.87. The van der Waals surface area contributed by atoms with Crippen molar-refractivity contribution in [3.8, 4) is 0 Å². The Morgan fingerprint density at radius 3 is 1.80 bits per heavy atom. The van der Waals surface area contributed by atoms with E-state index in [-0.39, 0.29) is 5.69 Å². The van der Waals surface area contributed by atoms with E-state index in [9.17, 15) is 14.9 Å². The first-order chi connectivity index (χ1) is 6.97. The topological polar surface area (TPSA) is 103 Å². The van der Waals surface area contributed by atoms with Crippen LogP contribution in [-0.4, -0.2) is 23.2 Å². The van der Waals surface area contributed by atoms with Gasteiger partial charge in [0.2, 0.25) is 0 Å². The van der Waals surface area contributed by atoms with Crippen molar-refractivity contribution in [1.29, 1.82) is 0 Å². The van der Waals surface area contributed by atoms with Gasteiger partial charge >= 0.3 is 0 Å². The molecule has 0 saturated heterocycles. The number of hydrogen-bond acceptors (Lipinski definition) is 5. The van der Waals surface area contributed by atoms with Gasteiger partial charge in [-0.3, -0.25) is 25.0 Å². The summed E-state index contributed by atoms with van der Waals surface area (Å²) in [5.41, 5.74) is 0.436. The predicted molar refractivity (Wildman–Crippen MR) is 51.4 cm³/mol. The highest BCUT2D eigenvalue weighted by molar-refractivity contribution is 5.75. The number of nitro groups is 2. The molecule has 0 atom stereocenters. The average Bonchev–Trinajstić information content (AvgIpc) is 2.17. The second-order valence-corrected chi connectivity index (χ2v) is 2.41. The summed E-state index contributed by atoms with van der Waals surface area (Å²) >= 11 is 0. The third kappa shape index (κ3) is 5.86. The third-order valence-corrected chi connectivity index (χ3v) is 1.24. The van der Waals surface area contributed by atoms with Crippen LogP contribution in [0.4, 0.5) is 5.69 Å². The van der Waals surface area contributed by atoms with Crippen molar-refractivity contribution in [2.24, 2.45) is 0 Å². The van der Waals surface area contributed by atoms with Crippen molar-refractivity contribution >= 4 is 12.0 Å². The molecule has 1 aromatic rings. The molecule has 0 heterocycles. The molecule has 1 aromatic carbocycles. The van der Waals surface area contributed by atoms with Crippen LogP contribution in [0.3, 0.4) is 0 Å². The van der Waals surface area contributed by atoms with Crippen molar-refractivity contribution in [2.45, 2.75) is 0 Å². The maximum absolute atomic E-state index is 10.1. The fourth-order valence-electron chi connectivity index (χ4n) is 0.675. The zero-order valence-electron chi connectivity index (χ0n) is 7.82. The molecule has 0 bridgehead atoms. The fourth-order valence-corrected chi connectivity index (χ4v) is 0.675. The maximum atomic E-state index is 10.1. The SMILES string of the molecule is C[N+](=O)[O-].O=Cc1ccc([N+](=O)[O-])cc1. The molecule has 0 fully saturated rings. The Bertz CT molecular complexity index is 356. The number of carbonyl (C=O) groups excluding carboxylic acids is 1. The van der Waals surface area contributed by atoms with Crippen LogP contribution in [0, 0.1) is 20.2 Å². The van der Waals surface area contributed by atoms with Crippen LogP contribution in [0.1, 0.15) is 10.4 Å². The van der Waals surface area contributed by atoms with Gasteiger partial charge in [-0.2, -0.15) is 0 Å². The number of nitrogens with zero attached hydrogens (tertiary/aromatic N) is 2. The minimum Gasteiger partial charge on any atom is -0.298 e. The molecular weight excluding hydrogens is 204 g/mol. The first-order valence-electron chi connectivity index (χ1n) is 3.75. The van der Waals surface area contributed by atoms with Gasteiger partial charge in [0.15, 0.2) is 7.05 Å². The lowest BCUT2D eigenvalue weighted by Gasteiger charge is -1.89. The summed E-state index contributed by atoms with van der Waals surface area (Å²) in [6.07, 6.45) is 0.643. The monoisotopic (exact) mass is 212 g/mol. The molecule has 0 aromatic heterocycles. The summed E-state index contributed by atoms with van der Waals surface area (Å²) in [5, 5.41) is 18.9. The summed E-state index contributed by atoms with van der Waals surface area (Å²) in [5.74, 6) is 0. The van der Waals surface area contributed by atoms with Crippen molar-refractivity contribution < 1.29 is 14.6 Å². The smallest absolute Gasteiger partial charge is 0.269 e. The van der Waals surface area contributed by atoms with Crippen LogP contribution in [0.15, 0.2) is 24.3 Å². The summed E-state index contributed by atoms with van der Waals surface area (Å²) in [4.78, 5) is 28.0. The Morgan fingerprint density at radius 1 is 1.13 bits per heavy atom. The van der Waals surface area contributed by atoms with Gasteiger partial charge in [0.1, 0.15) is 6.29 Å². The molecule has 7 heteroatoms. The van der Waals surface area contributed by atoms with Crippen molar-refractivity contribution in [2.75, 3.05) is 7.05 Å². The molecule has 15 heavy (non-hydrogen) atoms. The van der Waals surface area contributed by atoms with Crippen LogP contribution in [-0.2, 0) is 0 Å². The maximum Gasteiger partial charge on any atom is 0.269 e. The zero-order chi connectivity index (χ0) is 11.8. The van der Waals surface area contributed by atoms with Crippen molar-refractivity contribution in [3.63, 3.8) is 0 Å². The molecular formula is C8H8N2O5. The first-order valence-corrected chi connectivity index (χ1v) is 3.75. The van der Waals surface area contributed by atoms with E-state index >= 15 is 0 Å². The minimum absolute atomic E-state index is 0.00407. The Kier molecular flexibility index (Phi) is 5.24. The fraction of sp³-hybridized carbons (Fsp3) is 0.125. The molecule has 0 N–H and O–H groups in total. The van der Waals surface area contributed by atoms with E-state index in [1.54, 1.807) is 0 Å². The molecule has 0 spiro atoms.